The minimum atomic E-state index is -0.288. The zero-order chi connectivity index (χ0) is 8.56. The second-order valence-corrected chi connectivity index (χ2v) is 4.59. The molecule has 3 rings (SSSR count). The van der Waals surface area contributed by atoms with E-state index in [1.165, 1.54) is 0 Å². The molecule has 3 aliphatic heterocycles. The number of hydrogen-bond donors (Lipinski definition) is 0. The summed E-state index contributed by atoms with van der Waals surface area (Å²) in [6, 6.07) is 0. The average molecular weight is 168 g/mol. The van der Waals surface area contributed by atoms with Crippen LogP contribution in [0.4, 0.5) is 0 Å². The van der Waals surface area contributed by atoms with Crippen LogP contribution in [0.25, 0.3) is 0 Å². The normalized spacial score (nSPS) is 61.7. The van der Waals surface area contributed by atoms with E-state index >= 15 is 0 Å². The lowest BCUT2D eigenvalue weighted by Crippen LogP contribution is -2.66. The number of ketones is 1. The Kier molecular flexibility index (Phi) is 0.945. The molecule has 0 saturated carbocycles. The molecule has 3 aliphatic rings. The molecule has 4 atom stereocenters. The molecule has 3 heteroatoms. The van der Waals surface area contributed by atoms with E-state index in [-0.39, 0.29) is 29.2 Å². The monoisotopic (exact) mass is 168 g/mol. The highest BCUT2D eigenvalue weighted by atomic mass is 16.6. The Morgan fingerprint density at radius 2 is 2.25 bits per heavy atom. The molecule has 4 unspecified atom stereocenters. The number of rotatable bonds is 0. The Morgan fingerprint density at radius 3 is 3.00 bits per heavy atom. The van der Waals surface area contributed by atoms with Crippen molar-refractivity contribution >= 4 is 5.78 Å². The summed E-state index contributed by atoms with van der Waals surface area (Å²) in [6.45, 7) is 4.00. The number of fused-ring (bicyclic) bond motifs is 1. The highest BCUT2D eigenvalue weighted by molar-refractivity contribution is 5.88. The summed E-state index contributed by atoms with van der Waals surface area (Å²) in [6.07, 6.45) is 1.31. The van der Waals surface area contributed by atoms with Crippen LogP contribution in [-0.2, 0) is 14.3 Å². The van der Waals surface area contributed by atoms with Crippen LogP contribution in [0.2, 0.25) is 0 Å². The van der Waals surface area contributed by atoms with Crippen LogP contribution >= 0.6 is 0 Å². The van der Waals surface area contributed by atoms with Crippen molar-refractivity contribution in [2.45, 2.75) is 50.1 Å². The first-order valence-corrected chi connectivity index (χ1v) is 4.42. The van der Waals surface area contributed by atoms with E-state index in [0.717, 1.165) is 6.42 Å². The predicted octanol–water partition coefficient (Wildman–Crippen LogP) is 0.664. The lowest BCUT2D eigenvalue weighted by Gasteiger charge is -2.49. The van der Waals surface area contributed by atoms with E-state index in [1.54, 1.807) is 0 Å². The highest BCUT2D eigenvalue weighted by Crippen LogP contribution is 2.55. The number of carbonyl (C=O) groups excluding carboxylic acids is 1. The SMILES string of the molecule is CC12CC(=O)C3OC(C1)C3(C)O2. The van der Waals surface area contributed by atoms with E-state index in [9.17, 15) is 4.79 Å². The molecule has 3 fully saturated rings. The lowest BCUT2D eigenvalue weighted by molar-refractivity contribution is -0.277. The Bertz CT molecular complexity index is 275. The summed E-state index contributed by atoms with van der Waals surface area (Å²) in [5.74, 6) is 0.222. The molecule has 0 radical (unpaired) electrons. The average Bonchev–Trinajstić information content (AvgIpc) is 2.11. The third kappa shape index (κ3) is 0.559. The van der Waals surface area contributed by atoms with Crippen molar-refractivity contribution in [1.82, 2.24) is 0 Å². The van der Waals surface area contributed by atoms with Crippen molar-refractivity contribution in [3.63, 3.8) is 0 Å². The molecule has 0 amide bonds. The molecular weight excluding hydrogens is 156 g/mol. The molecule has 3 nitrogen and oxygen atoms in total. The van der Waals surface area contributed by atoms with Crippen molar-refractivity contribution in [2.24, 2.45) is 0 Å². The maximum atomic E-state index is 11.5. The van der Waals surface area contributed by atoms with Gasteiger partial charge in [0.15, 0.2) is 5.78 Å². The zero-order valence-corrected chi connectivity index (χ0v) is 7.29. The Hall–Kier alpha value is -0.410. The predicted molar refractivity (Wildman–Crippen MR) is 40.8 cm³/mol. The van der Waals surface area contributed by atoms with Crippen LogP contribution < -0.4 is 0 Å². The van der Waals surface area contributed by atoms with Gasteiger partial charge in [0.2, 0.25) is 0 Å². The fourth-order valence-corrected chi connectivity index (χ4v) is 2.83. The summed E-state index contributed by atoms with van der Waals surface area (Å²) in [4.78, 5) is 11.5. The first kappa shape index (κ1) is 7.04. The summed E-state index contributed by atoms with van der Waals surface area (Å²) >= 11 is 0. The molecule has 66 valence electrons. The zero-order valence-electron chi connectivity index (χ0n) is 7.29. The van der Waals surface area contributed by atoms with Crippen molar-refractivity contribution < 1.29 is 14.3 Å². The third-order valence-corrected chi connectivity index (χ3v) is 3.38. The van der Waals surface area contributed by atoms with Gasteiger partial charge in [0.05, 0.1) is 11.7 Å². The lowest BCUT2D eigenvalue weighted by atomic mass is 9.84. The molecule has 0 spiro atoms. The number of carbonyl (C=O) groups is 1. The van der Waals surface area contributed by atoms with Crippen molar-refractivity contribution in [3.8, 4) is 0 Å². The highest BCUT2D eigenvalue weighted by Gasteiger charge is 2.70. The minimum absolute atomic E-state index is 0.166. The largest absolute Gasteiger partial charge is 0.363 e. The first-order chi connectivity index (χ1) is 5.54. The van der Waals surface area contributed by atoms with Crippen molar-refractivity contribution in [2.75, 3.05) is 0 Å². The molecule has 2 bridgehead atoms. The van der Waals surface area contributed by atoms with E-state index in [4.69, 9.17) is 9.47 Å². The van der Waals surface area contributed by atoms with Gasteiger partial charge >= 0.3 is 0 Å². The van der Waals surface area contributed by atoms with Crippen LogP contribution in [0.15, 0.2) is 0 Å². The Morgan fingerprint density at radius 1 is 1.50 bits per heavy atom. The van der Waals surface area contributed by atoms with Gasteiger partial charge in [0, 0.05) is 12.8 Å². The van der Waals surface area contributed by atoms with Crippen LogP contribution in [0.5, 0.6) is 0 Å². The van der Waals surface area contributed by atoms with Crippen molar-refractivity contribution in [3.05, 3.63) is 0 Å². The molecule has 12 heavy (non-hydrogen) atoms. The first-order valence-electron chi connectivity index (χ1n) is 4.42. The number of hydrogen-bond acceptors (Lipinski definition) is 3. The van der Waals surface area contributed by atoms with Crippen LogP contribution in [0.1, 0.15) is 26.7 Å². The van der Waals surface area contributed by atoms with E-state index in [2.05, 4.69) is 0 Å². The smallest absolute Gasteiger partial charge is 0.167 e. The van der Waals surface area contributed by atoms with Crippen molar-refractivity contribution in [1.29, 1.82) is 0 Å². The fraction of sp³-hybridized carbons (Fsp3) is 0.889. The summed E-state index contributed by atoms with van der Waals surface area (Å²) in [5.41, 5.74) is -0.520. The minimum Gasteiger partial charge on any atom is -0.363 e. The van der Waals surface area contributed by atoms with Gasteiger partial charge in [-0.1, -0.05) is 0 Å². The standard InChI is InChI=1S/C9H12O3/c1-8-3-5(10)7-9(2,12-8)6(4-8)11-7/h6-7H,3-4H2,1-2H3. The number of Topliss-reactive ketones (excluding diaryl/α,β-unsaturated/α-hetero) is 1. The number of ether oxygens (including phenoxy) is 2. The maximum Gasteiger partial charge on any atom is 0.167 e. The molecule has 0 aromatic rings. The van der Waals surface area contributed by atoms with Crippen LogP contribution in [0.3, 0.4) is 0 Å². The Labute approximate surface area is 71.0 Å². The molecule has 0 aromatic carbocycles. The van der Waals surface area contributed by atoms with Crippen LogP contribution in [0, 0.1) is 0 Å². The van der Waals surface area contributed by atoms with E-state index < -0.39 is 0 Å². The Balaban J connectivity index is 2.08. The van der Waals surface area contributed by atoms with Gasteiger partial charge in [0.25, 0.3) is 0 Å². The van der Waals surface area contributed by atoms with Gasteiger partial charge in [-0.15, -0.1) is 0 Å². The van der Waals surface area contributed by atoms with E-state index in [1.807, 2.05) is 13.8 Å². The molecular formula is C9H12O3. The quantitative estimate of drug-likeness (QED) is 0.533. The van der Waals surface area contributed by atoms with E-state index in [0.29, 0.717) is 6.42 Å². The molecule has 0 N–H and O–H groups in total. The summed E-state index contributed by atoms with van der Waals surface area (Å²) in [5, 5.41) is 0. The molecule has 0 aliphatic carbocycles. The summed E-state index contributed by atoms with van der Waals surface area (Å²) < 4.78 is 11.3. The van der Waals surface area contributed by atoms with Gasteiger partial charge in [-0.25, -0.2) is 0 Å². The molecule has 0 aromatic heterocycles. The maximum absolute atomic E-state index is 11.5. The van der Waals surface area contributed by atoms with Crippen LogP contribution in [-0.4, -0.2) is 29.2 Å². The molecule has 3 saturated heterocycles. The van der Waals surface area contributed by atoms with Gasteiger partial charge in [-0.05, 0) is 13.8 Å². The van der Waals surface area contributed by atoms with Gasteiger partial charge < -0.3 is 9.47 Å². The fourth-order valence-electron chi connectivity index (χ4n) is 2.83. The second-order valence-electron chi connectivity index (χ2n) is 4.59. The van der Waals surface area contributed by atoms with Gasteiger partial charge in [0.1, 0.15) is 11.7 Å². The summed E-state index contributed by atoms with van der Waals surface area (Å²) in [7, 11) is 0. The second kappa shape index (κ2) is 1.61. The van der Waals surface area contributed by atoms with Gasteiger partial charge in [-0.2, -0.15) is 0 Å². The third-order valence-electron chi connectivity index (χ3n) is 3.38. The van der Waals surface area contributed by atoms with Gasteiger partial charge in [-0.3, -0.25) is 4.79 Å². The molecule has 3 heterocycles. The topological polar surface area (TPSA) is 35.5 Å².